The number of rotatable bonds is 2. The van der Waals surface area contributed by atoms with Crippen molar-refractivity contribution in [3.8, 4) is 0 Å². The maximum absolute atomic E-state index is 8.68. The van der Waals surface area contributed by atoms with Gasteiger partial charge in [-0.05, 0) is 35.1 Å². The van der Waals surface area contributed by atoms with Crippen molar-refractivity contribution in [2.75, 3.05) is 0 Å². The zero-order valence-corrected chi connectivity index (χ0v) is 10.6. The summed E-state index contributed by atoms with van der Waals surface area (Å²) in [6.45, 7) is 0. The van der Waals surface area contributed by atoms with Crippen LogP contribution in [0.4, 0.5) is 0 Å². The van der Waals surface area contributed by atoms with Gasteiger partial charge < -0.3 is 0 Å². The molecule has 94 valence electrons. The van der Waals surface area contributed by atoms with Crippen LogP contribution >= 0.6 is 0 Å². The molecule has 0 radical (unpaired) electrons. The summed E-state index contributed by atoms with van der Waals surface area (Å²) in [5.41, 5.74) is 12.7. The van der Waals surface area contributed by atoms with Crippen LogP contribution in [0, 0.1) is 0 Å². The maximum Gasteiger partial charge on any atom is 0.0423 e. The van der Waals surface area contributed by atoms with E-state index in [1.807, 2.05) is 6.07 Å². The van der Waals surface area contributed by atoms with Crippen LogP contribution in [-0.4, -0.2) is 6.04 Å². The van der Waals surface area contributed by atoms with E-state index < -0.39 is 0 Å². The van der Waals surface area contributed by atoms with Crippen LogP contribution in [0.25, 0.3) is 10.4 Å². The fourth-order valence-corrected chi connectivity index (χ4v) is 2.96. The summed E-state index contributed by atoms with van der Waals surface area (Å²) in [5, 5.41) is 3.94. The lowest BCUT2D eigenvalue weighted by atomic mass is 9.77. The first-order valence-electron chi connectivity index (χ1n) is 6.55. The monoisotopic (exact) mass is 249 g/mol. The Morgan fingerprint density at radius 2 is 1.74 bits per heavy atom. The molecule has 0 heterocycles. The molecule has 0 spiro atoms. The number of hydrogen-bond donors (Lipinski definition) is 0. The number of azide groups is 1. The Morgan fingerprint density at radius 1 is 1.00 bits per heavy atom. The molecule has 3 heteroatoms. The smallest absolute Gasteiger partial charge is 0.0423 e. The molecule has 3 nitrogen and oxygen atoms in total. The SMILES string of the molecule is [N-]=[N+]=N[C@H]1Cc2ccccc2[C@@H](c2ccccc2)C1. The molecule has 3 rings (SSSR count). The molecule has 19 heavy (non-hydrogen) atoms. The quantitative estimate of drug-likeness (QED) is 0.429. The molecule has 0 aliphatic heterocycles. The molecule has 0 N–H and O–H groups in total. The van der Waals surface area contributed by atoms with E-state index in [2.05, 4.69) is 58.6 Å². The zero-order chi connectivity index (χ0) is 13.1. The van der Waals surface area contributed by atoms with Gasteiger partial charge in [-0.1, -0.05) is 59.7 Å². The molecule has 0 amide bonds. The molecule has 0 unspecified atom stereocenters. The highest BCUT2D eigenvalue weighted by Crippen LogP contribution is 2.37. The van der Waals surface area contributed by atoms with E-state index in [0.29, 0.717) is 5.92 Å². The van der Waals surface area contributed by atoms with Gasteiger partial charge in [-0.15, -0.1) is 0 Å². The summed E-state index contributed by atoms with van der Waals surface area (Å²) in [7, 11) is 0. The minimum atomic E-state index is 0.0603. The molecule has 2 aromatic rings. The second kappa shape index (κ2) is 5.17. The van der Waals surface area contributed by atoms with Gasteiger partial charge in [0.25, 0.3) is 0 Å². The van der Waals surface area contributed by atoms with Crippen LogP contribution in [0.2, 0.25) is 0 Å². The van der Waals surface area contributed by atoms with E-state index in [-0.39, 0.29) is 6.04 Å². The Labute approximate surface area is 112 Å². The lowest BCUT2D eigenvalue weighted by molar-refractivity contribution is 0.529. The summed E-state index contributed by atoms with van der Waals surface area (Å²) >= 11 is 0. The van der Waals surface area contributed by atoms with Crippen LogP contribution < -0.4 is 0 Å². The zero-order valence-electron chi connectivity index (χ0n) is 10.6. The first-order valence-corrected chi connectivity index (χ1v) is 6.55. The van der Waals surface area contributed by atoms with Gasteiger partial charge in [0.1, 0.15) is 0 Å². The molecule has 0 saturated heterocycles. The first kappa shape index (κ1) is 11.8. The molecule has 2 aromatic carbocycles. The highest BCUT2D eigenvalue weighted by atomic mass is 15.1. The highest BCUT2D eigenvalue weighted by Gasteiger charge is 2.26. The third-order valence-corrected chi connectivity index (χ3v) is 3.81. The van der Waals surface area contributed by atoms with Crippen molar-refractivity contribution >= 4 is 0 Å². The van der Waals surface area contributed by atoms with E-state index in [4.69, 9.17) is 5.53 Å². The Hall–Kier alpha value is -2.25. The van der Waals surface area contributed by atoms with Crippen LogP contribution in [0.3, 0.4) is 0 Å². The van der Waals surface area contributed by atoms with Crippen LogP contribution in [-0.2, 0) is 6.42 Å². The third kappa shape index (κ3) is 2.33. The Morgan fingerprint density at radius 3 is 2.53 bits per heavy atom. The predicted octanol–water partition coefficient (Wildman–Crippen LogP) is 4.44. The fraction of sp³-hybridized carbons (Fsp3) is 0.250. The van der Waals surface area contributed by atoms with Crippen molar-refractivity contribution in [2.45, 2.75) is 24.8 Å². The van der Waals surface area contributed by atoms with Crippen molar-refractivity contribution in [3.63, 3.8) is 0 Å². The van der Waals surface area contributed by atoms with E-state index >= 15 is 0 Å². The standard InChI is InChI=1S/C16H15N3/c17-19-18-14-10-13-8-4-5-9-15(13)16(11-14)12-6-2-1-3-7-12/h1-9,14,16H,10-11H2/t14-,16+/m0/s1. The summed E-state index contributed by atoms with van der Waals surface area (Å²) in [6, 6.07) is 19.0. The minimum Gasteiger partial charge on any atom is -0.0902 e. The normalized spacial score (nSPS) is 21.3. The molecule has 1 aliphatic carbocycles. The van der Waals surface area contributed by atoms with Crippen LogP contribution in [0.15, 0.2) is 59.7 Å². The molecule has 1 aliphatic rings. The van der Waals surface area contributed by atoms with Crippen LogP contribution in [0.5, 0.6) is 0 Å². The van der Waals surface area contributed by atoms with Crippen LogP contribution in [0.1, 0.15) is 29.0 Å². The van der Waals surface area contributed by atoms with Crippen molar-refractivity contribution in [3.05, 3.63) is 81.7 Å². The number of hydrogen-bond acceptors (Lipinski definition) is 1. The van der Waals surface area contributed by atoms with E-state index in [9.17, 15) is 0 Å². The van der Waals surface area contributed by atoms with Gasteiger partial charge in [-0.2, -0.15) is 0 Å². The van der Waals surface area contributed by atoms with Gasteiger partial charge in [-0.25, -0.2) is 0 Å². The number of fused-ring (bicyclic) bond motifs is 1. The lowest BCUT2D eigenvalue weighted by Gasteiger charge is -2.29. The molecule has 0 saturated carbocycles. The maximum atomic E-state index is 8.68. The average molecular weight is 249 g/mol. The van der Waals surface area contributed by atoms with Crippen molar-refractivity contribution in [1.82, 2.24) is 0 Å². The van der Waals surface area contributed by atoms with Crippen molar-refractivity contribution < 1.29 is 0 Å². The molecular formula is C16H15N3. The van der Waals surface area contributed by atoms with Gasteiger partial charge in [0.05, 0.1) is 0 Å². The van der Waals surface area contributed by atoms with Crippen molar-refractivity contribution in [1.29, 1.82) is 0 Å². The topological polar surface area (TPSA) is 48.8 Å². The molecule has 0 fully saturated rings. The molecular weight excluding hydrogens is 234 g/mol. The minimum absolute atomic E-state index is 0.0603. The predicted molar refractivity (Wildman–Crippen MR) is 76.0 cm³/mol. The Kier molecular flexibility index (Phi) is 3.21. The Bertz CT molecular complexity index is 615. The van der Waals surface area contributed by atoms with Gasteiger partial charge in [0, 0.05) is 16.9 Å². The van der Waals surface area contributed by atoms with Gasteiger partial charge in [-0.3, -0.25) is 0 Å². The second-order valence-corrected chi connectivity index (χ2v) is 4.96. The average Bonchev–Trinajstić information content (AvgIpc) is 2.48. The fourth-order valence-electron chi connectivity index (χ4n) is 2.96. The first-order chi connectivity index (χ1) is 9.38. The largest absolute Gasteiger partial charge is 0.0902 e. The van der Waals surface area contributed by atoms with Gasteiger partial charge in [0.2, 0.25) is 0 Å². The number of nitrogens with zero attached hydrogens (tertiary/aromatic N) is 3. The summed E-state index contributed by atoms with van der Waals surface area (Å²) in [5.74, 6) is 0.335. The van der Waals surface area contributed by atoms with Gasteiger partial charge in [0.15, 0.2) is 0 Å². The molecule has 0 aromatic heterocycles. The molecule has 2 atom stereocenters. The third-order valence-electron chi connectivity index (χ3n) is 3.81. The summed E-state index contributed by atoms with van der Waals surface area (Å²) in [6.07, 6.45) is 1.74. The van der Waals surface area contributed by atoms with E-state index in [1.165, 1.54) is 16.7 Å². The van der Waals surface area contributed by atoms with Gasteiger partial charge >= 0.3 is 0 Å². The molecule has 0 bridgehead atoms. The Balaban J connectivity index is 2.05. The number of benzene rings is 2. The second-order valence-electron chi connectivity index (χ2n) is 4.96. The summed E-state index contributed by atoms with van der Waals surface area (Å²) in [4.78, 5) is 2.99. The lowest BCUT2D eigenvalue weighted by Crippen LogP contribution is -2.21. The van der Waals surface area contributed by atoms with E-state index in [0.717, 1.165) is 12.8 Å². The van der Waals surface area contributed by atoms with Crippen molar-refractivity contribution in [2.24, 2.45) is 5.11 Å². The van der Waals surface area contributed by atoms with E-state index in [1.54, 1.807) is 0 Å². The highest BCUT2D eigenvalue weighted by molar-refractivity contribution is 5.40. The summed E-state index contributed by atoms with van der Waals surface area (Å²) < 4.78 is 0.